The van der Waals surface area contributed by atoms with Crippen molar-refractivity contribution in [3.8, 4) is 0 Å². The fourth-order valence-electron chi connectivity index (χ4n) is 2.87. The van der Waals surface area contributed by atoms with Gasteiger partial charge in [0.15, 0.2) is 0 Å². The Morgan fingerprint density at radius 2 is 1.79 bits per heavy atom. The van der Waals surface area contributed by atoms with Gasteiger partial charge in [0.2, 0.25) is 0 Å². The molecule has 0 bridgehead atoms. The molecule has 0 saturated heterocycles. The van der Waals surface area contributed by atoms with Crippen molar-refractivity contribution in [3.63, 3.8) is 0 Å². The second-order valence-electron chi connectivity index (χ2n) is 7.90. The second kappa shape index (κ2) is 8.90. The number of aromatic nitrogens is 2. The van der Waals surface area contributed by atoms with Crippen molar-refractivity contribution in [3.05, 3.63) is 89.8 Å². The molecule has 1 heterocycles. The molecular weight excluding hydrogens is 371 g/mol. The minimum atomic E-state index is -0.778. The molecule has 1 aromatic heterocycles. The number of imidazole rings is 1. The van der Waals surface area contributed by atoms with Crippen LogP contribution in [0, 0.1) is 5.82 Å². The summed E-state index contributed by atoms with van der Waals surface area (Å²) in [6, 6.07) is 13.8. The van der Waals surface area contributed by atoms with Gasteiger partial charge in [-0.05, 0) is 34.2 Å². The van der Waals surface area contributed by atoms with E-state index >= 15 is 0 Å². The average molecular weight is 396 g/mol. The van der Waals surface area contributed by atoms with Crippen molar-refractivity contribution in [1.82, 2.24) is 9.55 Å². The summed E-state index contributed by atoms with van der Waals surface area (Å²) in [5.74, 6) is -0.351. The van der Waals surface area contributed by atoms with Crippen LogP contribution in [0.1, 0.15) is 43.6 Å². The molecule has 5 nitrogen and oxygen atoms in total. The number of hydrogen-bond acceptors (Lipinski definition) is 4. The molecule has 2 aromatic carbocycles. The third-order valence-electron chi connectivity index (χ3n) is 4.59. The lowest BCUT2D eigenvalue weighted by atomic mass is 9.87. The third kappa shape index (κ3) is 5.91. The largest absolute Gasteiger partial charge is 0.509 e. The van der Waals surface area contributed by atoms with Gasteiger partial charge >= 0.3 is 6.16 Å². The van der Waals surface area contributed by atoms with Gasteiger partial charge in [-0.25, -0.2) is 14.2 Å². The average Bonchev–Trinajstić information content (AvgIpc) is 3.19. The number of carbonyl (C=O) groups is 1. The lowest BCUT2D eigenvalue weighted by Gasteiger charge is -2.20. The predicted molar refractivity (Wildman–Crippen MR) is 108 cm³/mol. The van der Waals surface area contributed by atoms with E-state index in [1.807, 2.05) is 24.3 Å². The first-order chi connectivity index (χ1) is 13.8. The van der Waals surface area contributed by atoms with Crippen LogP contribution in [0.4, 0.5) is 9.18 Å². The Balaban J connectivity index is 1.62. The Kier molecular flexibility index (Phi) is 6.32. The molecule has 3 aromatic rings. The molecule has 0 aliphatic heterocycles. The Morgan fingerprint density at radius 3 is 2.38 bits per heavy atom. The monoisotopic (exact) mass is 396 g/mol. The van der Waals surface area contributed by atoms with Crippen LogP contribution in [-0.4, -0.2) is 15.7 Å². The molecule has 0 amide bonds. The maximum atomic E-state index is 13.3. The van der Waals surface area contributed by atoms with E-state index in [2.05, 4.69) is 25.8 Å². The Morgan fingerprint density at radius 1 is 1.10 bits per heavy atom. The molecule has 0 aliphatic carbocycles. The minimum absolute atomic E-state index is 0.0635. The van der Waals surface area contributed by atoms with Crippen LogP contribution in [0.5, 0.6) is 0 Å². The normalized spacial score (nSPS) is 12.4. The first-order valence-electron chi connectivity index (χ1n) is 9.45. The number of rotatable bonds is 6. The number of hydrogen-bond donors (Lipinski definition) is 0. The number of benzene rings is 2. The molecule has 0 radical (unpaired) electrons. The van der Waals surface area contributed by atoms with Crippen LogP contribution in [0.15, 0.2) is 67.3 Å². The van der Waals surface area contributed by atoms with Gasteiger partial charge in [0.25, 0.3) is 0 Å². The molecule has 0 saturated carbocycles. The van der Waals surface area contributed by atoms with Gasteiger partial charge in [-0.1, -0.05) is 57.2 Å². The highest BCUT2D eigenvalue weighted by Crippen LogP contribution is 2.23. The molecule has 0 aliphatic rings. The summed E-state index contributed by atoms with van der Waals surface area (Å²) in [4.78, 5) is 16.3. The lowest BCUT2D eigenvalue weighted by molar-refractivity contribution is 0.0127. The highest BCUT2D eigenvalue weighted by molar-refractivity contribution is 5.60. The van der Waals surface area contributed by atoms with Gasteiger partial charge in [-0.15, -0.1) is 0 Å². The predicted octanol–water partition coefficient (Wildman–Crippen LogP) is 5.41. The summed E-state index contributed by atoms with van der Waals surface area (Å²) < 4.78 is 25.8. The fourth-order valence-corrected chi connectivity index (χ4v) is 2.87. The summed E-state index contributed by atoms with van der Waals surface area (Å²) in [6.45, 7) is 6.90. The van der Waals surface area contributed by atoms with Crippen molar-refractivity contribution in [1.29, 1.82) is 0 Å². The molecule has 1 unspecified atom stereocenters. The second-order valence-corrected chi connectivity index (χ2v) is 7.90. The first kappa shape index (κ1) is 20.6. The van der Waals surface area contributed by atoms with Gasteiger partial charge < -0.3 is 14.0 Å². The molecule has 152 valence electrons. The third-order valence-corrected chi connectivity index (χ3v) is 4.59. The van der Waals surface area contributed by atoms with Gasteiger partial charge in [0.05, 0.1) is 12.9 Å². The molecule has 6 heteroatoms. The van der Waals surface area contributed by atoms with Crippen LogP contribution in [0.2, 0.25) is 0 Å². The van der Waals surface area contributed by atoms with E-state index in [1.165, 1.54) is 17.7 Å². The standard InChI is InChI=1S/C23H25FN2O3/c1-23(2,3)19-8-4-17(5-9-19)15-28-22(27)29-21(14-26-13-12-25-16-26)18-6-10-20(24)11-7-18/h4-13,16,21H,14-15H2,1-3H3. The molecular formula is C23H25FN2O3. The maximum absolute atomic E-state index is 13.3. The van der Waals surface area contributed by atoms with E-state index < -0.39 is 12.3 Å². The van der Waals surface area contributed by atoms with Crippen molar-refractivity contribution >= 4 is 6.16 Å². The fraction of sp³-hybridized carbons (Fsp3) is 0.304. The Hall–Kier alpha value is -3.15. The zero-order valence-corrected chi connectivity index (χ0v) is 16.8. The van der Waals surface area contributed by atoms with E-state index in [0.29, 0.717) is 12.1 Å². The molecule has 0 spiro atoms. The van der Waals surface area contributed by atoms with Crippen LogP contribution < -0.4 is 0 Å². The van der Waals surface area contributed by atoms with Crippen LogP contribution in [-0.2, 0) is 28.0 Å². The maximum Gasteiger partial charge on any atom is 0.509 e. The summed E-state index contributed by atoms with van der Waals surface area (Å²) in [5, 5.41) is 0. The summed E-state index contributed by atoms with van der Waals surface area (Å²) in [7, 11) is 0. The van der Waals surface area contributed by atoms with E-state index in [1.54, 1.807) is 35.4 Å². The lowest BCUT2D eigenvalue weighted by Crippen LogP contribution is -2.17. The molecule has 0 N–H and O–H groups in total. The Labute approximate surface area is 170 Å². The zero-order valence-electron chi connectivity index (χ0n) is 16.8. The van der Waals surface area contributed by atoms with Gasteiger partial charge in [-0.2, -0.15) is 0 Å². The van der Waals surface area contributed by atoms with E-state index in [0.717, 1.165) is 5.56 Å². The topological polar surface area (TPSA) is 53.4 Å². The van der Waals surface area contributed by atoms with Crippen LogP contribution >= 0.6 is 0 Å². The smallest absolute Gasteiger partial charge is 0.429 e. The molecule has 29 heavy (non-hydrogen) atoms. The summed E-state index contributed by atoms with van der Waals surface area (Å²) in [6.07, 6.45) is 3.63. The molecule has 1 atom stereocenters. The number of nitrogens with zero attached hydrogens (tertiary/aromatic N) is 2. The van der Waals surface area contributed by atoms with E-state index in [4.69, 9.17) is 9.47 Å². The number of halogens is 1. The van der Waals surface area contributed by atoms with Crippen molar-refractivity contribution in [2.45, 2.75) is 45.4 Å². The summed E-state index contributed by atoms with van der Waals surface area (Å²) >= 11 is 0. The van der Waals surface area contributed by atoms with Crippen LogP contribution in [0.3, 0.4) is 0 Å². The van der Waals surface area contributed by atoms with Gasteiger partial charge in [0, 0.05) is 12.4 Å². The van der Waals surface area contributed by atoms with Gasteiger partial charge in [-0.3, -0.25) is 0 Å². The quantitative estimate of drug-likeness (QED) is 0.523. The number of ether oxygens (including phenoxy) is 2. The minimum Gasteiger partial charge on any atom is -0.429 e. The molecule has 3 rings (SSSR count). The van der Waals surface area contributed by atoms with E-state index in [9.17, 15) is 9.18 Å². The zero-order chi connectivity index (χ0) is 20.9. The van der Waals surface area contributed by atoms with Crippen LogP contribution in [0.25, 0.3) is 0 Å². The number of carbonyl (C=O) groups excluding carboxylic acids is 1. The van der Waals surface area contributed by atoms with Crippen molar-refractivity contribution in [2.24, 2.45) is 0 Å². The van der Waals surface area contributed by atoms with Crippen molar-refractivity contribution < 1.29 is 18.7 Å². The van der Waals surface area contributed by atoms with E-state index in [-0.39, 0.29) is 17.8 Å². The van der Waals surface area contributed by atoms with Gasteiger partial charge in [0.1, 0.15) is 18.5 Å². The highest BCUT2D eigenvalue weighted by Gasteiger charge is 2.19. The van der Waals surface area contributed by atoms with Crippen molar-refractivity contribution in [2.75, 3.05) is 0 Å². The highest BCUT2D eigenvalue weighted by atomic mass is 19.1. The SMILES string of the molecule is CC(C)(C)c1ccc(COC(=O)OC(Cn2ccnc2)c2ccc(F)cc2)cc1. The Bertz CT molecular complexity index is 914. The molecule has 0 fully saturated rings. The first-order valence-corrected chi connectivity index (χ1v) is 9.45. The summed E-state index contributed by atoms with van der Waals surface area (Å²) in [5.41, 5.74) is 2.82.